The molecule has 4 aromatic rings. The molecular weight excluding hydrogens is 370 g/mol. The molecule has 3 nitrogen and oxygen atoms in total. The molecule has 0 bridgehead atoms. The van der Waals surface area contributed by atoms with Gasteiger partial charge in [-0.2, -0.15) is 0 Å². The Hall–Kier alpha value is -3.59. The lowest BCUT2D eigenvalue weighted by Gasteiger charge is -2.23. The van der Waals surface area contributed by atoms with Crippen LogP contribution in [0.25, 0.3) is 10.9 Å². The second kappa shape index (κ2) is 8.42. The third-order valence-corrected chi connectivity index (χ3v) is 5.51. The van der Waals surface area contributed by atoms with E-state index < -0.39 is 5.97 Å². The van der Waals surface area contributed by atoms with Crippen LogP contribution in [0, 0.1) is 6.92 Å². The first-order chi connectivity index (χ1) is 14.5. The summed E-state index contributed by atoms with van der Waals surface area (Å²) in [5.74, 6) is -0.899. The molecule has 0 radical (unpaired) electrons. The van der Waals surface area contributed by atoms with Gasteiger partial charge in [-0.25, -0.2) is 4.79 Å². The molecule has 0 saturated heterocycles. The Kier molecular flexibility index (Phi) is 5.53. The number of hydrogen-bond acceptors (Lipinski definition) is 1. The number of rotatable bonds is 6. The van der Waals surface area contributed by atoms with Crippen LogP contribution in [0.15, 0.2) is 96.7 Å². The summed E-state index contributed by atoms with van der Waals surface area (Å²) in [4.78, 5) is 10.9. The number of nitrogens with zero attached hydrogens (tertiary/aromatic N) is 1. The van der Waals surface area contributed by atoms with Crippen LogP contribution >= 0.6 is 0 Å². The summed E-state index contributed by atoms with van der Waals surface area (Å²) in [5.41, 5.74) is 6.90. The lowest BCUT2D eigenvalue weighted by atomic mass is 9.94. The summed E-state index contributed by atoms with van der Waals surface area (Å²) >= 11 is 0. The Labute approximate surface area is 176 Å². The van der Waals surface area contributed by atoms with Crippen LogP contribution in [0.2, 0.25) is 0 Å². The van der Waals surface area contributed by atoms with Crippen molar-refractivity contribution in [3.05, 3.63) is 119 Å². The Bertz CT molecular complexity index is 1220. The SMILES string of the molecule is CC(=CC(=O)O)Cc1ccc2c(ccn2C(c2ccccc2)c2ccccc2C)c1. The zero-order valence-corrected chi connectivity index (χ0v) is 17.2. The van der Waals surface area contributed by atoms with Crippen molar-refractivity contribution in [2.24, 2.45) is 0 Å². The highest BCUT2D eigenvalue weighted by atomic mass is 16.4. The van der Waals surface area contributed by atoms with Crippen molar-refractivity contribution >= 4 is 16.9 Å². The maximum Gasteiger partial charge on any atom is 0.328 e. The predicted molar refractivity (Wildman–Crippen MR) is 122 cm³/mol. The fourth-order valence-corrected chi connectivity index (χ4v) is 4.15. The molecule has 4 rings (SSSR count). The Balaban J connectivity index is 1.79. The fourth-order valence-electron chi connectivity index (χ4n) is 4.15. The van der Waals surface area contributed by atoms with Crippen LogP contribution in [-0.4, -0.2) is 15.6 Å². The number of aromatic nitrogens is 1. The highest BCUT2D eigenvalue weighted by Gasteiger charge is 2.19. The number of aliphatic carboxylic acids is 1. The molecule has 3 aromatic carbocycles. The lowest BCUT2D eigenvalue weighted by molar-refractivity contribution is -0.131. The number of benzene rings is 3. The molecule has 0 aliphatic heterocycles. The molecule has 1 unspecified atom stereocenters. The van der Waals surface area contributed by atoms with Crippen molar-refractivity contribution in [2.75, 3.05) is 0 Å². The molecule has 150 valence electrons. The summed E-state index contributed by atoms with van der Waals surface area (Å²) < 4.78 is 2.33. The van der Waals surface area contributed by atoms with E-state index in [0.717, 1.165) is 22.0 Å². The van der Waals surface area contributed by atoms with Crippen molar-refractivity contribution < 1.29 is 9.90 Å². The standard InChI is InChI=1S/C27H25NO2/c1-19(17-26(29)30)16-21-12-13-25-23(18-21)14-15-28(25)27(22-9-4-3-5-10-22)24-11-7-6-8-20(24)2/h3-15,17-18,27H,16H2,1-2H3,(H,29,30). The van der Waals surface area contributed by atoms with Crippen molar-refractivity contribution in [3.8, 4) is 0 Å². The third-order valence-electron chi connectivity index (χ3n) is 5.51. The Morgan fingerprint density at radius 1 is 1.00 bits per heavy atom. The zero-order chi connectivity index (χ0) is 21.1. The normalized spacial score (nSPS) is 12.8. The van der Waals surface area contributed by atoms with Crippen LogP contribution in [0.1, 0.15) is 35.2 Å². The maximum absolute atomic E-state index is 10.9. The number of allylic oxidation sites excluding steroid dienone is 1. The summed E-state index contributed by atoms with van der Waals surface area (Å²) in [6.45, 7) is 4.01. The van der Waals surface area contributed by atoms with Crippen molar-refractivity contribution in [3.63, 3.8) is 0 Å². The van der Waals surface area contributed by atoms with Gasteiger partial charge in [-0.1, -0.05) is 66.2 Å². The summed E-state index contributed by atoms with van der Waals surface area (Å²) in [6.07, 6.45) is 4.06. The molecule has 0 fully saturated rings. The minimum Gasteiger partial charge on any atom is -0.478 e. The van der Waals surface area contributed by atoms with E-state index in [1.807, 2.05) is 13.0 Å². The molecule has 0 aliphatic rings. The van der Waals surface area contributed by atoms with Gasteiger partial charge in [0, 0.05) is 17.8 Å². The first-order valence-corrected chi connectivity index (χ1v) is 10.1. The largest absolute Gasteiger partial charge is 0.478 e. The molecule has 0 spiro atoms. The molecule has 1 heterocycles. The van der Waals surface area contributed by atoms with Gasteiger partial charge in [-0.15, -0.1) is 0 Å². The van der Waals surface area contributed by atoms with E-state index in [2.05, 4.69) is 90.5 Å². The van der Waals surface area contributed by atoms with Gasteiger partial charge >= 0.3 is 5.97 Å². The average molecular weight is 396 g/mol. The average Bonchev–Trinajstić information content (AvgIpc) is 3.13. The molecule has 3 heteroatoms. The van der Waals surface area contributed by atoms with E-state index in [0.29, 0.717) is 6.42 Å². The number of carboxylic acids is 1. The van der Waals surface area contributed by atoms with Gasteiger partial charge < -0.3 is 9.67 Å². The highest BCUT2D eigenvalue weighted by Crippen LogP contribution is 2.33. The minimum absolute atomic E-state index is 0.0874. The number of hydrogen-bond donors (Lipinski definition) is 1. The second-order valence-corrected chi connectivity index (χ2v) is 7.79. The summed E-state index contributed by atoms with van der Waals surface area (Å²) in [7, 11) is 0. The Morgan fingerprint density at radius 3 is 2.47 bits per heavy atom. The van der Waals surface area contributed by atoms with Gasteiger partial charge in [-0.05, 0) is 66.1 Å². The van der Waals surface area contributed by atoms with E-state index in [1.54, 1.807) is 0 Å². The van der Waals surface area contributed by atoms with E-state index in [9.17, 15) is 4.79 Å². The highest BCUT2D eigenvalue weighted by molar-refractivity contribution is 5.82. The van der Waals surface area contributed by atoms with E-state index in [1.165, 1.54) is 22.8 Å². The van der Waals surface area contributed by atoms with Gasteiger partial charge in [0.05, 0.1) is 6.04 Å². The quantitative estimate of drug-likeness (QED) is 0.397. The van der Waals surface area contributed by atoms with Crippen molar-refractivity contribution in [1.29, 1.82) is 0 Å². The maximum atomic E-state index is 10.9. The number of aryl methyl sites for hydroxylation is 1. The van der Waals surface area contributed by atoms with E-state index >= 15 is 0 Å². The van der Waals surface area contributed by atoms with Crippen LogP contribution in [0.5, 0.6) is 0 Å². The summed E-state index contributed by atoms with van der Waals surface area (Å²) in [5, 5.41) is 10.1. The van der Waals surface area contributed by atoms with Crippen LogP contribution in [0.3, 0.4) is 0 Å². The van der Waals surface area contributed by atoms with Gasteiger partial charge in [0.2, 0.25) is 0 Å². The lowest BCUT2D eigenvalue weighted by Crippen LogP contribution is -2.12. The van der Waals surface area contributed by atoms with Crippen LogP contribution in [0.4, 0.5) is 0 Å². The molecule has 0 aliphatic carbocycles. The van der Waals surface area contributed by atoms with Crippen LogP contribution < -0.4 is 0 Å². The monoisotopic (exact) mass is 395 g/mol. The number of fused-ring (bicyclic) bond motifs is 1. The molecule has 0 amide bonds. The molecule has 1 N–H and O–H groups in total. The van der Waals surface area contributed by atoms with Crippen molar-refractivity contribution in [2.45, 2.75) is 26.3 Å². The molecule has 1 atom stereocenters. The predicted octanol–water partition coefficient (Wildman–Crippen LogP) is 6.16. The van der Waals surface area contributed by atoms with Gasteiger partial charge in [0.1, 0.15) is 0 Å². The number of carbonyl (C=O) groups is 1. The first-order valence-electron chi connectivity index (χ1n) is 10.1. The summed E-state index contributed by atoms with van der Waals surface area (Å²) in [6, 6.07) is 27.7. The topological polar surface area (TPSA) is 42.2 Å². The smallest absolute Gasteiger partial charge is 0.328 e. The first kappa shape index (κ1) is 19.7. The van der Waals surface area contributed by atoms with E-state index in [4.69, 9.17) is 5.11 Å². The zero-order valence-electron chi connectivity index (χ0n) is 17.2. The van der Waals surface area contributed by atoms with Crippen LogP contribution in [-0.2, 0) is 11.2 Å². The molecule has 1 aromatic heterocycles. The van der Waals surface area contributed by atoms with Gasteiger partial charge in [0.25, 0.3) is 0 Å². The minimum atomic E-state index is -0.899. The van der Waals surface area contributed by atoms with E-state index in [-0.39, 0.29) is 6.04 Å². The molecular formula is C27H25NO2. The fraction of sp³-hybridized carbons (Fsp3) is 0.148. The molecule has 30 heavy (non-hydrogen) atoms. The second-order valence-electron chi connectivity index (χ2n) is 7.79. The van der Waals surface area contributed by atoms with Gasteiger partial charge in [0.15, 0.2) is 0 Å². The Morgan fingerprint density at radius 2 is 1.73 bits per heavy atom. The number of carboxylic acid groups (broad SMARTS) is 1. The molecule has 0 saturated carbocycles. The third kappa shape index (κ3) is 4.06. The van der Waals surface area contributed by atoms with Crippen molar-refractivity contribution in [1.82, 2.24) is 4.57 Å². The van der Waals surface area contributed by atoms with Gasteiger partial charge in [-0.3, -0.25) is 0 Å².